The van der Waals surface area contributed by atoms with E-state index in [2.05, 4.69) is 0 Å². The number of rotatable bonds is 8. The third-order valence-corrected chi connectivity index (χ3v) is 10.3. The molecule has 1 heterocycles. The summed E-state index contributed by atoms with van der Waals surface area (Å²) in [6.07, 6.45) is 4.68. The summed E-state index contributed by atoms with van der Waals surface area (Å²) in [6, 6.07) is 24.4. The summed E-state index contributed by atoms with van der Waals surface area (Å²) in [4.78, 5) is 12.3. The molecular formula is C33H32ClNO6S. The summed E-state index contributed by atoms with van der Waals surface area (Å²) in [6.45, 7) is 0.0407. The van der Waals surface area contributed by atoms with E-state index >= 15 is 0 Å². The average molecular weight is 606 g/mol. The van der Waals surface area contributed by atoms with Gasteiger partial charge in [-0.25, -0.2) is 8.42 Å². The van der Waals surface area contributed by atoms with Crippen molar-refractivity contribution < 1.29 is 27.8 Å². The Kier molecular flexibility index (Phi) is 8.12. The number of hydrogen-bond donors (Lipinski definition) is 1. The van der Waals surface area contributed by atoms with Crippen LogP contribution >= 0.6 is 11.6 Å². The van der Waals surface area contributed by atoms with E-state index in [0.717, 1.165) is 44.8 Å². The van der Waals surface area contributed by atoms with Crippen LogP contribution in [-0.4, -0.2) is 48.6 Å². The fraction of sp³-hybridized carbons (Fsp3) is 0.303. The van der Waals surface area contributed by atoms with E-state index in [1.165, 1.54) is 12.8 Å². The Morgan fingerprint density at radius 3 is 2.05 bits per heavy atom. The van der Waals surface area contributed by atoms with Crippen LogP contribution in [0.25, 0.3) is 21.9 Å². The number of benzene rings is 4. The number of fused-ring (bicyclic) bond motifs is 1. The highest BCUT2D eigenvalue weighted by atomic mass is 35.5. The van der Waals surface area contributed by atoms with Crippen LogP contribution in [0.3, 0.4) is 0 Å². The second-order valence-electron chi connectivity index (χ2n) is 11.0. The van der Waals surface area contributed by atoms with Crippen LogP contribution in [0.4, 0.5) is 0 Å². The molecule has 1 saturated carbocycles. The summed E-state index contributed by atoms with van der Waals surface area (Å²) >= 11 is 5.98. The topological polar surface area (TPSA) is 93.1 Å². The van der Waals surface area contributed by atoms with Crippen molar-refractivity contribution in [1.29, 1.82) is 0 Å². The van der Waals surface area contributed by atoms with Gasteiger partial charge in [0.25, 0.3) is 0 Å². The highest BCUT2D eigenvalue weighted by Crippen LogP contribution is 2.32. The van der Waals surface area contributed by atoms with Crippen molar-refractivity contribution in [2.24, 2.45) is 0 Å². The molecule has 9 heteroatoms. The molecule has 0 radical (unpaired) electrons. The van der Waals surface area contributed by atoms with Gasteiger partial charge in [0.1, 0.15) is 23.6 Å². The molecule has 0 spiro atoms. The molecule has 6 rings (SSSR count). The maximum atomic E-state index is 13.7. The largest absolute Gasteiger partial charge is 0.490 e. The van der Waals surface area contributed by atoms with Gasteiger partial charge >= 0.3 is 5.97 Å². The van der Waals surface area contributed by atoms with Crippen LogP contribution in [-0.2, 0) is 14.8 Å². The third-order valence-electron chi connectivity index (χ3n) is 8.12. The number of halogens is 1. The van der Waals surface area contributed by atoms with Crippen LogP contribution < -0.4 is 9.47 Å². The first kappa shape index (κ1) is 28.5. The van der Waals surface area contributed by atoms with Crippen molar-refractivity contribution in [3.05, 3.63) is 90.0 Å². The Labute approximate surface area is 250 Å². The molecule has 1 saturated heterocycles. The minimum absolute atomic E-state index is 0.0407. The zero-order valence-electron chi connectivity index (χ0n) is 23.0. The minimum Gasteiger partial charge on any atom is -0.490 e. The summed E-state index contributed by atoms with van der Waals surface area (Å²) in [5, 5.41) is 12.3. The van der Waals surface area contributed by atoms with Gasteiger partial charge in [-0.3, -0.25) is 4.79 Å². The minimum atomic E-state index is -4.06. The van der Waals surface area contributed by atoms with E-state index < -0.39 is 28.1 Å². The number of sulfonamides is 1. The molecule has 1 N–H and O–H groups in total. The highest BCUT2D eigenvalue weighted by molar-refractivity contribution is 7.89. The van der Waals surface area contributed by atoms with Gasteiger partial charge in [-0.15, -0.1) is 0 Å². The SMILES string of the molecule is O=C(O)[C@@H]1C[C@@H](Oc2ccc(-c3ccc(Cl)cc3)cc2)CCN1S(=O)(=O)c1ccc2cc(OC3CCCC3)ccc2c1. The molecule has 4 aromatic rings. The number of nitrogens with zero attached hydrogens (tertiary/aromatic N) is 1. The first-order valence-corrected chi connectivity index (χ1v) is 16.1. The monoisotopic (exact) mass is 605 g/mol. The number of carboxylic acid groups (broad SMARTS) is 1. The van der Waals surface area contributed by atoms with Gasteiger partial charge in [-0.05, 0) is 103 Å². The second kappa shape index (κ2) is 12.0. The zero-order valence-corrected chi connectivity index (χ0v) is 24.6. The van der Waals surface area contributed by atoms with E-state index in [1.807, 2.05) is 66.7 Å². The summed E-state index contributed by atoms with van der Waals surface area (Å²) < 4.78 is 40.7. The average Bonchev–Trinajstić information content (AvgIpc) is 3.50. The molecule has 1 aliphatic carbocycles. The van der Waals surface area contributed by atoms with Gasteiger partial charge in [-0.2, -0.15) is 4.31 Å². The van der Waals surface area contributed by atoms with E-state index in [9.17, 15) is 18.3 Å². The normalized spacial score (nSPS) is 20.0. The number of carboxylic acids is 1. The van der Waals surface area contributed by atoms with Gasteiger partial charge in [0.2, 0.25) is 10.0 Å². The van der Waals surface area contributed by atoms with E-state index in [-0.39, 0.29) is 24.0 Å². The first-order chi connectivity index (χ1) is 20.3. The molecule has 0 bridgehead atoms. The van der Waals surface area contributed by atoms with Gasteiger partial charge in [0, 0.05) is 18.0 Å². The molecule has 218 valence electrons. The lowest BCUT2D eigenvalue weighted by Gasteiger charge is -2.36. The number of piperidine rings is 1. The number of aliphatic carboxylic acids is 1. The van der Waals surface area contributed by atoms with Gasteiger partial charge in [-0.1, -0.05) is 48.0 Å². The molecule has 4 aromatic carbocycles. The number of hydrogen-bond acceptors (Lipinski definition) is 5. The molecule has 0 unspecified atom stereocenters. The Balaban J connectivity index is 1.15. The highest BCUT2D eigenvalue weighted by Gasteiger charge is 2.41. The van der Waals surface area contributed by atoms with E-state index in [0.29, 0.717) is 17.2 Å². The second-order valence-corrected chi connectivity index (χ2v) is 13.3. The van der Waals surface area contributed by atoms with E-state index in [1.54, 1.807) is 18.2 Å². The smallest absolute Gasteiger partial charge is 0.322 e. The standard InChI is InChI=1S/C33H32ClNO6S/c34-26-11-5-22(6-12-26)23-7-13-28(14-8-23)41-30-17-18-35(32(21-30)33(36)37)42(38,39)31-16-10-24-19-29(15-9-25(24)20-31)40-27-3-1-2-4-27/h5-16,19-20,27,30,32H,1-4,17-18,21H2,(H,36,37)/t30-,32-/m0/s1. The lowest BCUT2D eigenvalue weighted by Crippen LogP contribution is -2.52. The summed E-state index contributed by atoms with van der Waals surface area (Å²) in [7, 11) is -4.06. The Morgan fingerprint density at radius 2 is 1.36 bits per heavy atom. The van der Waals surface area contributed by atoms with Crippen molar-refractivity contribution in [2.45, 2.75) is 61.7 Å². The summed E-state index contributed by atoms with van der Waals surface area (Å²) in [5.74, 6) is 0.182. The molecule has 0 amide bonds. The Bertz CT molecular complexity index is 1680. The maximum Gasteiger partial charge on any atom is 0.322 e. The van der Waals surface area contributed by atoms with E-state index in [4.69, 9.17) is 21.1 Å². The Hall–Kier alpha value is -3.59. The number of ether oxygens (including phenoxy) is 2. The van der Waals surface area contributed by atoms with Crippen LogP contribution in [0, 0.1) is 0 Å². The predicted molar refractivity (Wildman–Crippen MR) is 163 cm³/mol. The molecule has 2 atom stereocenters. The molecule has 42 heavy (non-hydrogen) atoms. The summed E-state index contributed by atoms with van der Waals surface area (Å²) in [5.41, 5.74) is 2.01. The third kappa shape index (κ3) is 6.11. The molecular weight excluding hydrogens is 574 g/mol. The van der Waals surface area contributed by atoms with Crippen molar-refractivity contribution in [2.75, 3.05) is 6.54 Å². The first-order valence-electron chi connectivity index (χ1n) is 14.2. The van der Waals surface area contributed by atoms with Gasteiger partial charge in [0.05, 0.1) is 11.0 Å². The lowest BCUT2D eigenvalue weighted by molar-refractivity contribution is -0.143. The predicted octanol–water partition coefficient (Wildman–Crippen LogP) is 7.17. The van der Waals surface area contributed by atoms with Gasteiger partial charge in [0.15, 0.2) is 0 Å². The molecule has 0 aromatic heterocycles. The van der Waals surface area contributed by atoms with Crippen molar-refractivity contribution in [3.8, 4) is 22.6 Å². The fourth-order valence-corrected chi connectivity index (χ4v) is 7.63. The van der Waals surface area contributed by atoms with Crippen LogP contribution in [0.1, 0.15) is 38.5 Å². The van der Waals surface area contributed by atoms with Crippen LogP contribution in [0.5, 0.6) is 11.5 Å². The molecule has 1 aliphatic heterocycles. The van der Waals surface area contributed by atoms with Crippen molar-refractivity contribution in [1.82, 2.24) is 4.31 Å². The van der Waals surface area contributed by atoms with Crippen molar-refractivity contribution >= 4 is 38.4 Å². The molecule has 7 nitrogen and oxygen atoms in total. The number of carbonyl (C=O) groups is 1. The molecule has 2 aliphatic rings. The Morgan fingerprint density at radius 1 is 0.762 bits per heavy atom. The molecule has 2 fully saturated rings. The lowest BCUT2D eigenvalue weighted by atomic mass is 10.0. The van der Waals surface area contributed by atoms with Gasteiger partial charge < -0.3 is 14.6 Å². The zero-order chi connectivity index (χ0) is 29.3. The van der Waals surface area contributed by atoms with Crippen molar-refractivity contribution in [3.63, 3.8) is 0 Å². The fourth-order valence-electron chi connectivity index (χ4n) is 5.86. The quantitative estimate of drug-likeness (QED) is 0.229. The maximum absolute atomic E-state index is 13.7. The van der Waals surface area contributed by atoms with Crippen LogP contribution in [0.2, 0.25) is 5.02 Å². The van der Waals surface area contributed by atoms with Crippen LogP contribution in [0.15, 0.2) is 89.8 Å².